The number of aromatic nitrogens is 2. The normalized spacial score (nSPS) is 10.5. The number of aryl methyl sites for hydroxylation is 1. The van der Waals surface area contributed by atoms with Crippen molar-refractivity contribution >= 4 is 33.8 Å². The molecule has 0 aliphatic heterocycles. The van der Waals surface area contributed by atoms with Crippen LogP contribution in [0.15, 0.2) is 78.4 Å². The van der Waals surface area contributed by atoms with E-state index in [4.69, 9.17) is 4.74 Å². The SMILES string of the molecule is CCc1ccc(OCC(=O)Nc2cccc(Nc3nc(-c4ccncc4)cs3)c2)cc1. The van der Waals surface area contributed by atoms with Crippen molar-refractivity contribution in [1.82, 2.24) is 9.97 Å². The van der Waals surface area contributed by atoms with E-state index in [1.54, 1.807) is 12.4 Å². The molecule has 1 amide bonds. The molecule has 0 fully saturated rings. The minimum absolute atomic E-state index is 0.0507. The zero-order valence-electron chi connectivity index (χ0n) is 17.0. The average molecular weight is 431 g/mol. The largest absolute Gasteiger partial charge is 0.484 e. The molecular formula is C24H22N4O2S. The fourth-order valence-corrected chi connectivity index (χ4v) is 3.69. The second-order valence-corrected chi connectivity index (χ2v) is 7.67. The first kappa shape index (κ1) is 20.6. The van der Waals surface area contributed by atoms with Gasteiger partial charge in [0.2, 0.25) is 0 Å². The highest BCUT2D eigenvalue weighted by molar-refractivity contribution is 7.14. The molecule has 0 aliphatic carbocycles. The smallest absolute Gasteiger partial charge is 0.262 e. The number of amides is 1. The Morgan fingerprint density at radius 3 is 2.58 bits per heavy atom. The van der Waals surface area contributed by atoms with Crippen LogP contribution in [0.5, 0.6) is 5.75 Å². The highest BCUT2D eigenvalue weighted by atomic mass is 32.1. The number of carbonyl (C=O) groups is 1. The quantitative estimate of drug-likeness (QED) is 0.384. The van der Waals surface area contributed by atoms with Gasteiger partial charge in [0.15, 0.2) is 11.7 Å². The molecule has 0 saturated carbocycles. The summed E-state index contributed by atoms with van der Waals surface area (Å²) in [5.74, 6) is 0.461. The Bertz CT molecular complexity index is 1140. The van der Waals surface area contributed by atoms with Gasteiger partial charge in [-0.15, -0.1) is 11.3 Å². The predicted molar refractivity (Wildman–Crippen MR) is 125 cm³/mol. The van der Waals surface area contributed by atoms with Gasteiger partial charge >= 0.3 is 0 Å². The molecule has 156 valence electrons. The van der Waals surface area contributed by atoms with Gasteiger partial charge in [0.05, 0.1) is 5.69 Å². The van der Waals surface area contributed by atoms with E-state index in [9.17, 15) is 4.79 Å². The van der Waals surface area contributed by atoms with Crippen molar-refractivity contribution in [3.05, 3.63) is 84.0 Å². The van der Waals surface area contributed by atoms with Gasteiger partial charge in [-0.25, -0.2) is 4.98 Å². The van der Waals surface area contributed by atoms with Crippen LogP contribution in [0.3, 0.4) is 0 Å². The summed E-state index contributed by atoms with van der Waals surface area (Å²) < 4.78 is 5.57. The van der Waals surface area contributed by atoms with Crippen molar-refractivity contribution < 1.29 is 9.53 Å². The zero-order valence-corrected chi connectivity index (χ0v) is 17.9. The molecule has 6 nitrogen and oxygen atoms in total. The number of benzene rings is 2. The molecule has 0 radical (unpaired) electrons. The van der Waals surface area contributed by atoms with Crippen LogP contribution in [-0.4, -0.2) is 22.5 Å². The van der Waals surface area contributed by atoms with Crippen molar-refractivity contribution in [2.45, 2.75) is 13.3 Å². The summed E-state index contributed by atoms with van der Waals surface area (Å²) in [6, 6.07) is 19.1. The fraction of sp³-hybridized carbons (Fsp3) is 0.125. The molecule has 0 unspecified atom stereocenters. The number of nitrogens with zero attached hydrogens (tertiary/aromatic N) is 2. The lowest BCUT2D eigenvalue weighted by Gasteiger charge is -2.09. The van der Waals surface area contributed by atoms with Crippen LogP contribution in [0, 0.1) is 0 Å². The maximum atomic E-state index is 12.3. The Morgan fingerprint density at radius 2 is 1.81 bits per heavy atom. The zero-order chi connectivity index (χ0) is 21.5. The summed E-state index contributed by atoms with van der Waals surface area (Å²) in [5, 5.41) is 8.92. The second-order valence-electron chi connectivity index (χ2n) is 6.81. The molecular weight excluding hydrogens is 408 g/mol. The molecule has 4 rings (SSSR count). The number of carbonyl (C=O) groups excluding carboxylic acids is 1. The number of nitrogens with one attached hydrogen (secondary N) is 2. The minimum atomic E-state index is -0.217. The maximum Gasteiger partial charge on any atom is 0.262 e. The van der Waals surface area contributed by atoms with Crippen LogP contribution in [0.4, 0.5) is 16.5 Å². The second kappa shape index (κ2) is 9.86. The molecule has 2 aromatic carbocycles. The summed E-state index contributed by atoms with van der Waals surface area (Å²) >= 11 is 1.52. The van der Waals surface area contributed by atoms with E-state index < -0.39 is 0 Å². The third-order valence-corrected chi connectivity index (χ3v) is 5.34. The molecule has 0 saturated heterocycles. The number of rotatable bonds is 8. The van der Waals surface area contributed by atoms with Gasteiger partial charge in [-0.3, -0.25) is 9.78 Å². The van der Waals surface area contributed by atoms with Crippen LogP contribution >= 0.6 is 11.3 Å². The van der Waals surface area contributed by atoms with E-state index in [2.05, 4.69) is 27.5 Å². The molecule has 2 heterocycles. The molecule has 0 spiro atoms. The highest BCUT2D eigenvalue weighted by Crippen LogP contribution is 2.27. The van der Waals surface area contributed by atoms with Crippen molar-refractivity contribution in [2.24, 2.45) is 0 Å². The fourth-order valence-electron chi connectivity index (χ4n) is 2.95. The van der Waals surface area contributed by atoms with Crippen LogP contribution < -0.4 is 15.4 Å². The van der Waals surface area contributed by atoms with Gasteiger partial charge in [-0.1, -0.05) is 25.1 Å². The van der Waals surface area contributed by atoms with E-state index in [0.29, 0.717) is 11.4 Å². The molecule has 4 aromatic rings. The molecule has 31 heavy (non-hydrogen) atoms. The van der Waals surface area contributed by atoms with Gasteiger partial charge in [0.25, 0.3) is 5.91 Å². The lowest BCUT2D eigenvalue weighted by Crippen LogP contribution is -2.20. The highest BCUT2D eigenvalue weighted by Gasteiger charge is 2.07. The number of pyridine rings is 1. The first-order valence-corrected chi connectivity index (χ1v) is 10.8. The molecule has 0 bridgehead atoms. The van der Waals surface area contributed by atoms with Crippen molar-refractivity contribution in [2.75, 3.05) is 17.2 Å². The maximum absolute atomic E-state index is 12.3. The van der Waals surface area contributed by atoms with E-state index in [-0.39, 0.29) is 12.5 Å². The number of hydrogen-bond acceptors (Lipinski definition) is 6. The topological polar surface area (TPSA) is 76.1 Å². The lowest BCUT2D eigenvalue weighted by atomic mass is 10.2. The Hall–Kier alpha value is -3.71. The average Bonchev–Trinajstić information content (AvgIpc) is 3.27. The minimum Gasteiger partial charge on any atom is -0.484 e. The van der Waals surface area contributed by atoms with Gasteiger partial charge in [-0.05, 0) is 54.4 Å². The Balaban J connectivity index is 1.33. The van der Waals surface area contributed by atoms with E-state index in [1.807, 2.05) is 66.0 Å². The van der Waals surface area contributed by atoms with E-state index in [1.165, 1.54) is 16.9 Å². The van der Waals surface area contributed by atoms with E-state index >= 15 is 0 Å². The Morgan fingerprint density at radius 1 is 1.03 bits per heavy atom. The molecule has 2 aromatic heterocycles. The van der Waals surface area contributed by atoms with Gasteiger partial charge in [0.1, 0.15) is 5.75 Å². The summed E-state index contributed by atoms with van der Waals surface area (Å²) in [6.45, 7) is 2.05. The summed E-state index contributed by atoms with van der Waals surface area (Å²) in [4.78, 5) is 20.9. The first-order chi connectivity index (χ1) is 15.2. The van der Waals surface area contributed by atoms with Crippen molar-refractivity contribution in [1.29, 1.82) is 0 Å². The Labute approximate surface area is 185 Å². The van der Waals surface area contributed by atoms with Gasteiger partial charge < -0.3 is 15.4 Å². The standard InChI is InChI=1S/C24H22N4O2S/c1-2-17-6-8-21(9-7-17)30-15-23(29)26-19-4-3-5-20(14-19)27-24-28-22(16-31-24)18-10-12-25-13-11-18/h3-14,16H,2,15H2,1H3,(H,26,29)(H,27,28). The molecule has 0 aliphatic rings. The third kappa shape index (κ3) is 5.67. The molecule has 0 atom stereocenters. The van der Waals surface area contributed by atoms with Crippen molar-refractivity contribution in [3.63, 3.8) is 0 Å². The first-order valence-electron chi connectivity index (χ1n) is 9.94. The van der Waals surface area contributed by atoms with Crippen LogP contribution in [-0.2, 0) is 11.2 Å². The van der Waals surface area contributed by atoms with Crippen LogP contribution in [0.25, 0.3) is 11.3 Å². The van der Waals surface area contributed by atoms with Crippen LogP contribution in [0.2, 0.25) is 0 Å². The number of thiazole rings is 1. The monoisotopic (exact) mass is 430 g/mol. The van der Waals surface area contributed by atoms with Crippen LogP contribution in [0.1, 0.15) is 12.5 Å². The summed E-state index contributed by atoms with van der Waals surface area (Å²) in [6.07, 6.45) is 4.47. The number of hydrogen-bond donors (Lipinski definition) is 2. The summed E-state index contributed by atoms with van der Waals surface area (Å²) in [7, 11) is 0. The lowest BCUT2D eigenvalue weighted by molar-refractivity contribution is -0.118. The number of ether oxygens (including phenoxy) is 1. The molecule has 7 heteroatoms. The molecule has 2 N–H and O–H groups in total. The summed E-state index contributed by atoms with van der Waals surface area (Å²) in [5.41, 5.74) is 4.66. The third-order valence-electron chi connectivity index (χ3n) is 4.58. The Kier molecular flexibility index (Phi) is 6.54. The number of anilines is 3. The van der Waals surface area contributed by atoms with E-state index in [0.717, 1.165) is 28.5 Å². The van der Waals surface area contributed by atoms with Gasteiger partial charge in [0, 0.05) is 34.7 Å². The van der Waals surface area contributed by atoms with Crippen molar-refractivity contribution in [3.8, 4) is 17.0 Å². The van der Waals surface area contributed by atoms with Gasteiger partial charge in [-0.2, -0.15) is 0 Å². The predicted octanol–water partition coefficient (Wildman–Crippen LogP) is 5.53.